The third-order valence-electron chi connectivity index (χ3n) is 2.12. The molecule has 0 aliphatic heterocycles. The molecule has 0 aromatic rings. The van der Waals surface area contributed by atoms with E-state index in [2.05, 4.69) is 29.6 Å². The summed E-state index contributed by atoms with van der Waals surface area (Å²) in [4.78, 5) is 44.4. The van der Waals surface area contributed by atoms with Gasteiger partial charge in [0.25, 0.3) is 0 Å². The maximum Gasteiger partial charge on any atom is 0.407 e. The van der Waals surface area contributed by atoms with Crippen molar-refractivity contribution in [2.24, 2.45) is 0 Å². The van der Waals surface area contributed by atoms with E-state index in [0.29, 0.717) is 13.1 Å². The fourth-order valence-electron chi connectivity index (χ4n) is 1.18. The minimum atomic E-state index is -0.787. The van der Waals surface area contributed by atoms with Crippen LogP contribution in [0.5, 0.6) is 0 Å². The quantitative estimate of drug-likeness (QED) is 0.247. The van der Waals surface area contributed by atoms with Crippen LogP contribution in [-0.4, -0.2) is 63.6 Å². The lowest BCUT2D eigenvalue weighted by Gasteiger charge is -2.05. The Balaban J connectivity index is 3.72. The van der Waals surface area contributed by atoms with Crippen molar-refractivity contribution in [3.8, 4) is 0 Å². The first kappa shape index (κ1) is 21.2. The molecule has 0 radical (unpaired) electrons. The van der Waals surface area contributed by atoms with Gasteiger partial charge in [-0.05, 0) is 13.8 Å². The van der Waals surface area contributed by atoms with Gasteiger partial charge in [-0.3, -0.25) is 0 Å². The number of carbonyl (C=O) groups is 4. The van der Waals surface area contributed by atoms with Crippen molar-refractivity contribution in [2.45, 2.75) is 13.8 Å². The van der Waals surface area contributed by atoms with E-state index in [9.17, 15) is 19.2 Å². The van der Waals surface area contributed by atoms with Gasteiger partial charge < -0.3 is 29.6 Å². The molecule has 0 saturated heterocycles. The lowest BCUT2D eigenvalue weighted by molar-refractivity contribution is -0.141. The second-order valence-electron chi connectivity index (χ2n) is 4.00. The van der Waals surface area contributed by atoms with Crippen LogP contribution in [0.2, 0.25) is 0 Å². The Labute approximate surface area is 139 Å². The number of ether oxygens (including phenoxy) is 4. The molecule has 0 aromatic carbocycles. The number of hydrogen-bond donors (Lipinski definition) is 2. The number of nitrogens with one attached hydrogen (secondary N) is 2. The molecule has 0 rings (SSSR count). The van der Waals surface area contributed by atoms with Gasteiger partial charge in [0, 0.05) is 25.2 Å². The monoisotopic (exact) mass is 346 g/mol. The molecule has 0 aliphatic rings. The van der Waals surface area contributed by atoms with E-state index in [1.807, 2.05) is 0 Å². The van der Waals surface area contributed by atoms with Crippen LogP contribution in [-0.2, 0) is 28.5 Å². The van der Waals surface area contributed by atoms with E-state index in [1.165, 1.54) is 0 Å². The van der Waals surface area contributed by atoms with Crippen molar-refractivity contribution in [3.05, 3.63) is 12.2 Å². The average molecular weight is 346 g/mol. The first-order valence-electron chi connectivity index (χ1n) is 7.32. The van der Waals surface area contributed by atoms with Crippen molar-refractivity contribution in [3.63, 3.8) is 0 Å². The molecular weight excluding hydrogens is 324 g/mol. The Kier molecular flexibility index (Phi) is 12.2. The SMILES string of the molecule is CCNC(=O)OCCOC(=O)/C=C/C(=O)OCCOC(=O)NCC. The third kappa shape index (κ3) is 12.9. The van der Waals surface area contributed by atoms with E-state index in [4.69, 9.17) is 0 Å². The van der Waals surface area contributed by atoms with Crippen molar-refractivity contribution in [1.29, 1.82) is 0 Å². The maximum absolute atomic E-state index is 11.3. The molecule has 136 valence electrons. The average Bonchev–Trinajstić information content (AvgIpc) is 2.54. The molecule has 0 unspecified atom stereocenters. The van der Waals surface area contributed by atoms with Gasteiger partial charge in [-0.2, -0.15) is 0 Å². The second kappa shape index (κ2) is 13.9. The zero-order valence-electron chi connectivity index (χ0n) is 13.7. The Morgan fingerprint density at radius 1 is 0.667 bits per heavy atom. The Morgan fingerprint density at radius 3 is 1.33 bits per heavy atom. The summed E-state index contributed by atoms with van der Waals surface area (Å²) in [5, 5.41) is 4.80. The summed E-state index contributed by atoms with van der Waals surface area (Å²) in [5.41, 5.74) is 0. The number of hydrogen-bond acceptors (Lipinski definition) is 8. The Bertz CT molecular complexity index is 410. The summed E-state index contributed by atoms with van der Waals surface area (Å²) in [5.74, 6) is -1.57. The summed E-state index contributed by atoms with van der Waals surface area (Å²) < 4.78 is 18.7. The Hall–Kier alpha value is -2.78. The fourth-order valence-corrected chi connectivity index (χ4v) is 1.18. The van der Waals surface area contributed by atoms with Crippen LogP contribution in [0.25, 0.3) is 0 Å². The number of alkyl carbamates (subject to hydrolysis) is 2. The normalized spacial score (nSPS) is 9.92. The molecule has 0 aromatic heterocycles. The van der Waals surface area contributed by atoms with Gasteiger partial charge in [0.1, 0.15) is 26.4 Å². The topological polar surface area (TPSA) is 129 Å². The van der Waals surface area contributed by atoms with Crippen LogP contribution >= 0.6 is 0 Å². The van der Waals surface area contributed by atoms with Gasteiger partial charge in [-0.25, -0.2) is 19.2 Å². The van der Waals surface area contributed by atoms with Crippen LogP contribution in [0.1, 0.15) is 13.8 Å². The van der Waals surface area contributed by atoms with Crippen LogP contribution < -0.4 is 10.6 Å². The molecule has 2 N–H and O–H groups in total. The van der Waals surface area contributed by atoms with Crippen LogP contribution in [0.15, 0.2) is 12.2 Å². The van der Waals surface area contributed by atoms with E-state index < -0.39 is 24.1 Å². The second-order valence-corrected chi connectivity index (χ2v) is 4.00. The number of esters is 2. The highest BCUT2D eigenvalue weighted by Crippen LogP contribution is 1.88. The molecule has 24 heavy (non-hydrogen) atoms. The summed E-state index contributed by atoms with van der Waals surface area (Å²) in [6.07, 6.45) is 0.531. The van der Waals surface area contributed by atoms with Crippen LogP contribution in [0, 0.1) is 0 Å². The maximum atomic E-state index is 11.3. The predicted octanol–water partition coefficient (Wildman–Crippen LogP) is 0.121. The van der Waals surface area contributed by atoms with Gasteiger partial charge in [-0.15, -0.1) is 0 Å². The van der Waals surface area contributed by atoms with Crippen molar-refractivity contribution >= 4 is 24.1 Å². The van der Waals surface area contributed by atoms with Crippen LogP contribution in [0.3, 0.4) is 0 Å². The molecule has 0 spiro atoms. The molecule has 0 saturated carbocycles. The molecule has 10 heteroatoms. The molecule has 0 heterocycles. The lowest BCUT2D eigenvalue weighted by Crippen LogP contribution is -2.25. The third-order valence-corrected chi connectivity index (χ3v) is 2.12. The van der Waals surface area contributed by atoms with Crippen LogP contribution in [0.4, 0.5) is 9.59 Å². The first-order chi connectivity index (χ1) is 11.5. The van der Waals surface area contributed by atoms with Gasteiger partial charge in [0.15, 0.2) is 0 Å². The summed E-state index contributed by atoms with van der Waals surface area (Å²) in [6, 6.07) is 0. The zero-order chi connectivity index (χ0) is 18.2. The number of rotatable bonds is 10. The molecule has 0 fully saturated rings. The summed E-state index contributed by atoms with van der Waals surface area (Å²) >= 11 is 0. The van der Waals surface area contributed by atoms with Gasteiger partial charge in [0.2, 0.25) is 0 Å². The van der Waals surface area contributed by atoms with E-state index in [1.54, 1.807) is 13.8 Å². The van der Waals surface area contributed by atoms with Gasteiger partial charge in [-0.1, -0.05) is 0 Å². The minimum absolute atomic E-state index is 0.104. The highest BCUT2D eigenvalue weighted by molar-refractivity contribution is 5.91. The van der Waals surface area contributed by atoms with Crippen molar-refractivity contribution < 1.29 is 38.1 Å². The lowest BCUT2D eigenvalue weighted by atomic mass is 10.5. The molecule has 10 nitrogen and oxygen atoms in total. The van der Waals surface area contributed by atoms with E-state index in [-0.39, 0.29) is 26.4 Å². The van der Waals surface area contributed by atoms with E-state index >= 15 is 0 Å². The number of amides is 2. The number of carbonyl (C=O) groups excluding carboxylic acids is 4. The highest BCUT2D eigenvalue weighted by atomic mass is 16.6. The van der Waals surface area contributed by atoms with Crippen molar-refractivity contribution in [2.75, 3.05) is 39.5 Å². The van der Waals surface area contributed by atoms with Gasteiger partial charge >= 0.3 is 24.1 Å². The van der Waals surface area contributed by atoms with Gasteiger partial charge in [0.05, 0.1) is 0 Å². The highest BCUT2D eigenvalue weighted by Gasteiger charge is 2.04. The molecule has 0 aliphatic carbocycles. The zero-order valence-corrected chi connectivity index (χ0v) is 13.7. The predicted molar refractivity (Wildman–Crippen MR) is 81.1 cm³/mol. The molecule has 0 bridgehead atoms. The summed E-state index contributed by atoms with van der Waals surface area (Å²) in [7, 11) is 0. The molecular formula is C14H22N2O8. The Morgan fingerprint density at radius 2 is 1.00 bits per heavy atom. The smallest absolute Gasteiger partial charge is 0.407 e. The largest absolute Gasteiger partial charge is 0.459 e. The van der Waals surface area contributed by atoms with E-state index in [0.717, 1.165) is 12.2 Å². The van der Waals surface area contributed by atoms with Crippen molar-refractivity contribution in [1.82, 2.24) is 10.6 Å². The summed E-state index contributed by atoms with van der Waals surface area (Å²) in [6.45, 7) is 3.83. The minimum Gasteiger partial charge on any atom is -0.459 e. The standard InChI is InChI=1S/C14H22N2O8/c1-3-15-13(19)23-9-7-21-11(17)5-6-12(18)22-8-10-24-14(20)16-4-2/h5-6H,3-4,7-10H2,1-2H3,(H,15,19)(H,16,20)/b6-5+. The molecule has 2 amide bonds. The molecule has 0 atom stereocenters. The first-order valence-corrected chi connectivity index (χ1v) is 7.32. The fraction of sp³-hybridized carbons (Fsp3) is 0.571.